The van der Waals surface area contributed by atoms with Gasteiger partial charge >= 0.3 is 5.95 Å². The van der Waals surface area contributed by atoms with Crippen LogP contribution in [0.15, 0.2) is 0 Å². The molecule has 0 saturated heterocycles. The molecular weight excluding hydrogens is 272 g/mol. The molecule has 0 aliphatic rings. The van der Waals surface area contributed by atoms with Gasteiger partial charge in [-0.05, 0) is 10.4 Å². The van der Waals surface area contributed by atoms with Gasteiger partial charge in [0.05, 0.1) is 0 Å². The molecule has 0 atom stereocenters. The molecule has 0 radical (unpaired) electrons. The second-order valence-electron chi connectivity index (χ2n) is 1.73. The maximum absolute atomic E-state index is 11.0. The third-order valence-corrected chi connectivity index (χ3v) is 0.968. The Kier molecular flexibility index (Phi) is 15.2. The summed E-state index contributed by atoms with van der Waals surface area (Å²) in [6.07, 6.45) is 0. The van der Waals surface area contributed by atoms with Crippen molar-refractivity contribution in [1.82, 2.24) is 41.2 Å². The second-order valence-corrected chi connectivity index (χ2v) is 1.73. The number of aromatic nitrogens is 8. The second kappa shape index (κ2) is 13.4. The lowest BCUT2D eigenvalue weighted by Gasteiger charge is -2.15. The first kappa shape index (κ1) is 21.6. The van der Waals surface area contributed by atoms with E-state index in [4.69, 9.17) is 10.4 Å². The van der Waals surface area contributed by atoms with E-state index in [2.05, 4.69) is 58.5 Å². The third kappa shape index (κ3) is 7.27. The summed E-state index contributed by atoms with van der Waals surface area (Å²) in [6.45, 7) is 0. The Balaban J connectivity index is -0.000000392. The number of rotatable bonds is 3. The minimum absolute atomic E-state index is 0. The van der Waals surface area contributed by atoms with Gasteiger partial charge in [-0.15, -0.1) is 10.8 Å². The molecule has 2 rings (SSSR count). The van der Waals surface area contributed by atoms with Gasteiger partial charge in [-0.3, -0.25) is 0 Å². The van der Waals surface area contributed by atoms with Crippen molar-refractivity contribution >= 4 is 11.9 Å². The highest BCUT2D eigenvalue weighted by Crippen LogP contribution is 2.11. The van der Waals surface area contributed by atoms with Crippen LogP contribution in [-0.2, 0) is 0 Å². The lowest BCUT2D eigenvalue weighted by molar-refractivity contribution is -0.670. The maximum Gasteiger partial charge on any atom is 0.302 e. The van der Waals surface area contributed by atoms with E-state index in [9.17, 15) is 4.91 Å². The Hall–Kier alpha value is -2.70. The highest BCUT2D eigenvalue weighted by atomic mass is 16.4. The summed E-state index contributed by atoms with van der Waals surface area (Å²) in [5.74, 6) is 4.02. The molecule has 0 spiro atoms. The summed E-state index contributed by atoms with van der Waals surface area (Å²) < 4.78 is 0. The van der Waals surface area contributed by atoms with E-state index in [0.717, 1.165) is 0 Å². The normalized spacial score (nSPS) is 7.37. The molecule has 0 saturated carbocycles. The van der Waals surface area contributed by atoms with Crippen molar-refractivity contribution in [3.63, 3.8) is 0 Å². The monoisotopic (exact) mass is 284 g/mol. The predicted molar refractivity (Wildman–Crippen MR) is 49.2 cm³/mol. The largest absolute Gasteiger partial charge is 0.422 e. The van der Waals surface area contributed by atoms with Crippen molar-refractivity contribution in [2.75, 3.05) is 0 Å². The molecule has 2 aromatic heterocycles. The first-order valence-corrected chi connectivity index (χ1v) is 3.56. The summed E-state index contributed by atoms with van der Waals surface area (Å²) in [5, 5.41) is 39.0. The quantitative estimate of drug-likeness (QED) is 0.303. The topological polar surface area (TPSA) is 298 Å². The highest BCUT2D eigenvalue weighted by molar-refractivity contribution is 5.21. The van der Waals surface area contributed by atoms with Crippen LogP contribution in [0.4, 0.5) is 11.9 Å². The zero-order chi connectivity index (χ0) is 13.1. The molecule has 0 unspecified atom stereocenters. The van der Waals surface area contributed by atoms with E-state index in [1.165, 1.54) is 0 Å². The molecule has 17 nitrogen and oxygen atoms in total. The van der Waals surface area contributed by atoms with E-state index in [0.29, 0.717) is 0 Å². The lowest BCUT2D eigenvalue weighted by atomic mass is 11.0. The number of hydrogen-bond acceptors (Lipinski definition) is 9. The highest BCUT2D eigenvalue weighted by Gasteiger charge is 1.98. The van der Waals surface area contributed by atoms with E-state index in [1.54, 1.807) is 0 Å². The van der Waals surface area contributed by atoms with E-state index in [1.807, 2.05) is 0 Å². The summed E-state index contributed by atoms with van der Waals surface area (Å²) >= 11 is 0. The van der Waals surface area contributed by atoms with Crippen molar-refractivity contribution < 1.29 is 38.0 Å². The number of hydrogen-bond donors (Lipinski definition) is 4. The predicted octanol–water partition coefficient (Wildman–Crippen LogP) is -6.41. The van der Waals surface area contributed by atoms with Crippen LogP contribution in [0.2, 0.25) is 0 Å². The molecule has 17 heteroatoms. The van der Waals surface area contributed by atoms with E-state index in [-0.39, 0.29) is 27.7 Å². The van der Waals surface area contributed by atoms with Gasteiger partial charge in [-0.25, -0.2) is 32.6 Å². The SMILES string of the molecule is O.O.O=[N+]([N-]c1nnn[n-]1)c1nnn[n-]1.[NH3+]O.[NH3+]O. The first-order chi connectivity index (χ1) is 8.36. The van der Waals surface area contributed by atoms with Gasteiger partial charge < -0.3 is 26.6 Å². The van der Waals surface area contributed by atoms with Gasteiger partial charge in [-0.1, -0.05) is 10.2 Å². The molecule has 0 bridgehead atoms. The average Bonchev–Trinajstić information content (AvgIpc) is 3.07. The van der Waals surface area contributed by atoms with Crippen LogP contribution in [0.3, 0.4) is 0 Å². The van der Waals surface area contributed by atoms with Gasteiger partial charge in [0.15, 0.2) is 0 Å². The van der Waals surface area contributed by atoms with Crippen LogP contribution in [0, 0.1) is 4.91 Å². The summed E-state index contributed by atoms with van der Waals surface area (Å²) in [6, 6.07) is 0. The molecular formula is C2H12N12O5. The fourth-order valence-electron chi connectivity index (χ4n) is 0.522. The fraction of sp³-hybridized carbons (Fsp3) is 0. The van der Waals surface area contributed by atoms with Gasteiger partial charge in [0, 0.05) is 0 Å². The molecule has 12 N–H and O–H groups in total. The van der Waals surface area contributed by atoms with Crippen LogP contribution >= 0.6 is 0 Å². The van der Waals surface area contributed by atoms with E-state index >= 15 is 0 Å². The fourth-order valence-corrected chi connectivity index (χ4v) is 0.522. The number of nitroso groups, excluding NO2 is 1. The Bertz CT molecular complexity index is 384. The third-order valence-electron chi connectivity index (χ3n) is 0.968. The van der Waals surface area contributed by atoms with Crippen molar-refractivity contribution in [3.05, 3.63) is 10.3 Å². The van der Waals surface area contributed by atoms with Crippen LogP contribution in [0.25, 0.3) is 5.43 Å². The van der Waals surface area contributed by atoms with E-state index < -0.39 is 0 Å². The summed E-state index contributed by atoms with van der Waals surface area (Å²) in [5.41, 5.74) is 3.29. The molecule has 0 aliphatic heterocycles. The molecule has 0 aliphatic carbocycles. The van der Waals surface area contributed by atoms with Crippen molar-refractivity contribution in [1.29, 1.82) is 0 Å². The Morgan fingerprint density at radius 2 is 1.53 bits per heavy atom. The first-order valence-electron chi connectivity index (χ1n) is 3.56. The molecule has 0 amide bonds. The zero-order valence-electron chi connectivity index (χ0n) is 9.19. The molecule has 110 valence electrons. The standard InChI is InChI=1S/C2N10O.2H4NO.2H2O/c13-12(2-5-10-11-6-2)7-1-3-8-9-4-1;2*1-2;;/h;2*2H,1H3;2*1H2/q-2;2*+1;;. The van der Waals surface area contributed by atoms with Gasteiger partial charge in [0.1, 0.15) is 0 Å². The van der Waals surface area contributed by atoms with Crippen molar-refractivity contribution in [3.8, 4) is 0 Å². The number of nitrogens with zero attached hydrogens (tertiary/aromatic N) is 10. The van der Waals surface area contributed by atoms with Gasteiger partial charge in [0.25, 0.3) is 0 Å². The molecule has 2 heterocycles. The molecule has 0 aromatic carbocycles. The summed E-state index contributed by atoms with van der Waals surface area (Å²) in [7, 11) is 0. The molecule has 2 aromatic rings. The minimum atomic E-state index is -0.301. The van der Waals surface area contributed by atoms with Crippen LogP contribution in [-0.4, -0.2) is 57.3 Å². The summed E-state index contributed by atoms with van der Waals surface area (Å²) in [4.78, 5) is 11.1. The van der Waals surface area contributed by atoms with Gasteiger partial charge in [0.2, 0.25) is 0 Å². The average molecular weight is 284 g/mol. The number of tetrazole rings is 2. The van der Waals surface area contributed by atoms with Gasteiger partial charge in [-0.2, -0.15) is 4.91 Å². The lowest BCUT2D eigenvalue weighted by Crippen LogP contribution is -2.42. The Morgan fingerprint density at radius 3 is 1.95 bits per heavy atom. The van der Waals surface area contributed by atoms with Crippen LogP contribution in [0.5, 0.6) is 0 Å². The Morgan fingerprint density at radius 1 is 1.00 bits per heavy atom. The van der Waals surface area contributed by atoms with Crippen LogP contribution in [0.1, 0.15) is 0 Å². The van der Waals surface area contributed by atoms with Crippen molar-refractivity contribution in [2.24, 2.45) is 0 Å². The van der Waals surface area contributed by atoms with Crippen molar-refractivity contribution in [2.45, 2.75) is 0 Å². The maximum atomic E-state index is 11.0. The number of quaternary nitrogens is 2. The zero-order valence-corrected chi connectivity index (χ0v) is 9.19. The molecule has 19 heavy (non-hydrogen) atoms. The molecule has 0 fully saturated rings. The minimum Gasteiger partial charge on any atom is -0.422 e. The smallest absolute Gasteiger partial charge is 0.302 e. The van der Waals surface area contributed by atoms with Crippen LogP contribution < -0.4 is 22.0 Å². The Labute approximate surface area is 103 Å².